The Morgan fingerprint density at radius 3 is 2.87 bits per heavy atom. The molecule has 1 aromatic rings. The highest BCUT2D eigenvalue weighted by Gasteiger charge is 2.16. The summed E-state index contributed by atoms with van der Waals surface area (Å²) in [5.41, 5.74) is 1.13. The van der Waals surface area contributed by atoms with Gasteiger partial charge in [-0.2, -0.15) is 0 Å². The van der Waals surface area contributed by atoms with E-state index in [1.807, 2.05) is 12.1 Å². The first-order valence-corrected chi connectivity index (χ1v) is 5.78. The Morgan fingerprint density at radius 1 is 1.20 bits per heavy atom. The van der Waals surface area contributed by atoms with Crippen LogP contribution in [0.25, 0.3) is 0 Å². The lowest BCUT2D eigenvalue weighted by atomic mass is 9.95. The van der Waals surface area contributed by atoms with E-state index in [0.29, 0.717) is 5.76 Å². The molecule has 0 saturated heterocycles. The third-order valence-corrected chi connectivity index (χ3v) is 2.99. The summed E-state index contributed by atoms with van der Waals surface area (Å²) in [5.74, 6) is 0.668. The van der Waals surface area contributed by atoms with Crippen LogP contribution in [0.2, 0.25) is 0 Å². The fourth-order valence-electron chi connectivity index (χ4n) is 2.09. The Balaban J connectivity index is 2.07. The van der Waals surface area contributed by atoms with E-state index in [4.69, 9.17) is 4.42 Å². The van der Waals surface area contributed by atoms with Gasteiger partial charge in [-0.1, -0.05) is 18.9 Å². The van der Waals surface area contributed by atoms with Crippen molar-refractivity contribution < 1.29 is 9.52 Å². The summed E-state index contributed by atoms with van der Waals surface area (Å²) < 4.78 is 5.23. The van der Waals surface area contributed by atoms with Crippen LogP contribution in [0.3, 0.4) is 0 Å². The van der Waals surface area contributed by atoms with Gasteiger partial charge in [-0.3, -0.25) is 0 Å². The monoisotopic (exact) mass is 206 g/mol. The van der Waals surface area contributed by atoms with Crippen molar-refractivity contribution in [2.24, 2.45) is 0 Å². The lowest BCUT2D eigenvalue weighted by molar-refractivity contribution is 0.179. The van der Waals surface area contributed by atoms with Crippen LogP contribution < -0.4 is 0 Å². The normalized spacial score (nSPS) is 23.7. The first kappa shape index (κ1) is 10.5. The summed E-state index contributed by atoms with van der Waals surface area (Å²) in [4.78, 5) is 0. The average molecular weight is 206 g/mol. The fourth-order valence-corrected chi connectivity index (χ4v) is 2.09. The van der Waals surface area contributed by atoms with Gasteiger partial charge >= 0.3 is 0 Å². The van der Waals surface area contributed by atoms with Crippen molar-refractivity contribution in [2.75, 3.05) is 0 Å². The first-order chi connectivity index (χ1) is 7.38. The van der Waals surface area contributed by atoms with Crippen LogP contribution in [-0.2, 0) is 0 Å². The molecule has 0 aliphatic heterocycles. The maximum absolute atomic E-state index is 10.1. The van der Waals surface area contributed by atoms with E-state index in [1.165, 1.54) is 25.7 Å². The van der Waals surface area contributed by atoms with E-state index in [1.54, 1.807) is 6.26 Å². The minimum atomic E-state index is -0.530. The van der Waals surface area contributed by atoms with Crippen molar-refractivity contribution in [1.82, 2.24) is 0 Å². The van der Waals surface area contributed by atoms with Gasteiger partial charge in [-0.05, 0) is 43.4 Å². The van der Waals surface area contributed by atoms with Gasteiger partial charge in [0.25, 0.3) is 0 Å². The highest BCUT2D eigenvalue weighted by atomic mass is 16.4. The van der Waals surface area contributed by atoms with Crippen LogP contribution in [-0.4, -0.2) is 5.11 Å². The molecule has 1 atom stereocenters. The number of aliphatic hydroxyl groups is 1. The van der Waals surface area contributed by atoms with Crippen LogP contribution in [0.1, 0.15) is 50.4 Å². The van der Waals surface area contributed by atoms with Crippen molar-refractivity contribution in [3.05, 3.63) is 35.8 Å². The Labute approximate surface area is 90.6 Å². The van der Waals surface area contributed by atoms with Gasteiger partial charge in [-0.15, -0.1) is 0 Å². The van der Waals surface area contributed by atoms with Crippen LogP contribution >= 0.6 is 0 Å². The number of aliphatic hydroxyl groups excluding tert-OH is 1. The Morgan fingerprint density at radius 2 is 2.07 bits per heavy atom. The SMILES string of the molecule is OC(/C1=C/CCCCCC1)c1ccco1. The van der Waals surface area contributed by atoms with E-state index in [9.17, 15) is 5.11 Å². The molecule has 0 bridgehead atoms. The molecule has 1 heterocycles. The minimum Gasteiger partial charge on any atom is -0.466 e. The van der Waals surface area contributed by atoms with Gasteiger partial charge in [0.05, 0.1) is 6.26 Å². The molecule has 1 aliphatic rings. The van der Waals surface area contributed by atoms with Crippen LogP contribution in [0.15, 0.2) is 34.5 Å². The number of hydrogen-bond donors (Lipinski definition) is 1. The molecule has 82 valence electrons. The molecule has 1 N–H and O–H groups in total. The van der Waals surface area contributed by atoms with E-state index in [-0.39, 0.29) is 0 Å². The molecule has 0 fully saturated rings. The Bertz CT molecular complexity index is 311. The van der Waals surface area contributed by atoms with Crippen LogP contribution in [0.4, 0.5) is 0 Å². The molecule has 1 aliphatic carbocycles. The van der Waals surface area contributed by atoms with E-state index < -0.39 is 6.10 Å². The van der Waals surface area contributed by atoms with Crippen molar-refractivity contribution >= 4 is 0 Å². The van der Waals surface area contributed by atoms with Gasteiger partial charge in [-0.25, -0.2) is 0 Å². The molecular formula is C13H18O2. The fraction of sp³-hybridized carbons (Fsp3) is 0.538. The molecule has 2 rings (SSSR count). The smallest absolute Gasteiger partial charge is 0.136 e. The first-order valence-electron chi connectivity index (χ1n) is 5.78. The Kier molecular flexibility index (Phi) is 3.62. The van der Waals surface area contributed by atoms with Crippen molar-refractivity contribution in [3.8, 4) is 0 Å². The number of hydrogen-bond acceptors (Lipinski definition) is 2. The predicted molar refractivity (Wildman–Crippen MR) is 59.5 cm³/mol. The maximum atomic E-state index is 10.1. The molecule has 0 saturated carbocycles. The molecule has 0 amide bonds. The lowest BCUT2D eigenvalue weighted by Crippen LogP contribution is -2.02. The summed E-state index contributed by atoms with van der Waals surface area (Å²) in [6.07, 6.45) is 10.4. The molecule has 2 nitrogen and oxygen atoms in total. The third kappa shape index (κ3) is 2.72. The summed E-state index contributed by atoms with van der Waals surface area (Å²) in [6, 6.07) is 3.66. The van der Waals surface area contributed by atoms with E-state index in [0.717, 1.165) is 18.4 Å². The molecule has 1 unspecified atom stereocenters. The van der Waals surface area contributed by atoms with Crippen molar-refractivity contribution in [1.29, 1.82) is 0 Å². The molecule has 0 aromatic carbocycles. The van der Waals surface area contributed by atoms with Crippen LogP contribution in [0.5, 0.6) is 0 Å². The highest BCUT2D eigenvalue weighted by molar-refractivity contribution is 5.18. The second-order valence-corrected chi connectivity index (χ2v) is 4.15. The lowest BCUT2D eigenvalue weighted by Gasteiger charge is -2.15. The molecule has 2 heteroatoms. The van der Waals surface area contributed by atoms with Gasteiger partial charge in [0.2, 0.25) is 0 Å². The Hall–Kier alpha value is -1.02. The minimum absolute atomic E-state index is 0.530. The number of furan rings is 1. The second-order valence-electron chi connectivity index (χ2n) is 4.15. The van der Waals surface area contributed by atoms with Gasteiger partial charge < -0.3 is 9.52 Å². The quantitative estimate of drug-likeness (QED) is 0.750. The maximum Gasteiger partial charge on any atom is 0.136 e. The molecular weight excluding hydrogens is 188 g/mol. The zero-order chi connectivity index (χ0) is 10.5. The molecule has 0 radical (unpaired) electrons. The standard InChI is InChI=1S/C13H18O2/c14-13(12-9-6-10-15-12)11-7-4-2-1-3-5-8-11/h6-7,9-10,13-14H,1-5,8H2/b11-7+. The largest absolute Gasteiger partial charge is 0.466 e. The summed E-state index contributed by atoms with van der Waals surface area (Å²) in [7, 11) is 0. The van der Waals surface area contributed by atoms with Crippen molar-refractivity contribution in [2.45, 2.75) is 44.6 Å². The molecule has 0 spiro atoms. The number of rotatable bonds is 2. The van der Waals surface area contributed by atoms with E-state index >= 15 is 0 Å². The van der Waals surface area contributed by atoms with E-state index in [2.05, 4.69) is 6.08 Å². The zero-order valence-corrected chi connectivity index (χ0v) is 8.98. The average Bonchev–Trinajstić information content (AvgIpc) is 2.68. The molecule has 1 aromatic heterocycles. The van der Waals surface area contributed by atoms with Crippen LogP contribution in [0, 0.1) is 0 Å². The molecule has 15 heavy (non-hydrogen) atoms. The predicted octanol–water partition coefficient (Wildman–Crippen LogP) is 3.59. The highest BCUT2D eigenvalue weighted by Crippen LogP contribution is 2.28. The second kappa shape index (κ2) is 5.17. The zero-order valence-electron chi connectivity index (χ0n) is 8.98. The van der Waals surface area contributed by atoms with Gasteiger partial charge in [0, 0.05) is 0 Å². The summed E-state index contributed by atoms with van der Waals surface area (Å²) >= 11 is 0. The van der Waals surface area contributed by atoms with Gasteiger partial charge in [0.1, 0.15) is 11.9 Å². The van der Waals surface area contributed by atoms with Crippen molar-refractivity contribution in [3.63, 3.8) is 0 Å². The summed E-state index contributed by atoms with van der Waals surface area (Å²) in [6.45, 7) is 0. The van der Waals surface area contributed by atoms with Gasteiger partial charge in [0.15, 0.2) is 0 Å². The topological polar surface area (TPSA) is 33.4 Å². The number of allylic oxidation sites excluding steroid dienone is 1. The summed E-state index contributed by atoms with van der Waals surface area (Å²) in [5, 5.41) is 10.1. The third-order valence-electron chi connectivity index (χ3n) is 2.99.